The number of carbonyl (C=O) groups is 1. The van der Waals surface area contributed by atoms with E-state index in [4.69, 9.17) is 29.6 Å². The van der Waals surface area contributed by atoms with Crippen LogP contribution in [0.25, 0.3) is 11.0 Å². The van der Waals surface area contributed by atoms with E-state index in [9.17, 15) is 22.5 Å². The largest absolute Gasteiger partial charge is 0.494 e. The van der Waals surface area contributed by atoms with Gasteiger partial charge in [-0.3, -0.25) is 4.21 Å². The Kier molecular flexibility index (Phi) is 9.45. The molecule has 0 radical (unpaired) electrons. The maximum absolute atomic E-state index is 12.7. The topological polar surface area (TPSA) is 146 Å². The number of aliphatic hydroxyl groups excluding tert-OH is 1. The summed E-state index contributed by atoms with van der Waals surface area (Å²) in [7, 11) is 2.58. The molecule has 2 aliphatic heterocycles. The van der Waals surface area contributed by atoms with Crippen LogP contribution < -0.4 is 19.9 Å². The maximum Gasteiger partial charge on any atom is 0.490 e. The van der Waals surface area contributed by atoms with Gasteiger partial charge in [-0.2, -0.15) is 18.2 Å². The number of carboxylic acid groups (broad SMARTS) is 1. The molecule has 16 heteroatoms. The van der Waals surface area contributed by atoms with Gasteiger partial charge in [-0.05, 0) is 18.1 Å². The van der Waals surface area contributed by atoms with Crippen LogP contribution in [-0.2, 0) is 29.1 Å². The highest BCUT2D eigenvalue weighted by atomic mass is 32.2. The van der Waals surface area contributed by atoms with Crippen molar-refractivity contribution in [1.82, 2.24) is 19.5 Å². The molecule has 3 aromatic rings. The molecule has 2 aromatic heterocycles. The van der Waals surface area contributed by atoms with Gasteiger partial charge in [-0.1, -0.05) is 19.9 Å². The summed E-state index contributed by atoms with van der Waals surface area (Å²) in [5, 5.41) is 20.3. The van der Waals surface area contributed by atoms with E-state index in [0.29, 0.717) is 28.8 Å². The standard InChI is InChI=1S/C24H33N7O3S.C2HF3O2/c1-15(2)17(14-32)25-22-21-16(8-13-35(21)33)26-23(28-22)30-9-11-31(12-10-30)24-27-20-18(29(24)3)6-5-7-19(20)34-4;3-2(4,5)1(6)7/h5-7,15,17,32H,8-14H2,1-4H3,(H,25,26,28);(H,6,7)/t17-,35?;/m0./s1. The summed E-state index contributed by atoms with van der Waals surface area (Å²) in [6.45, 7) is 7.12. The summed E-state index contributed by atoms with van der Waals surface area (Å²) in [5.41, 5.74) is 2.75. The molecule has 2 atom stereocenters. The van der Waals surface area contributed by atoms with E-state index in [1.54, 1.807) is 7.11 Å². The van der Waals surface area contributed by atoms with Crippen LogP contribution in [0.3, 0.4) is 0 Å². The predicted molar refractivity (Wildman–Crippen MR) is 152 cm³/mol. The van der Waals surface area contributed by atoms with Gasteiger partial charge in [-0.15, -0.1) is 0 Å². The zero-order valence-corrected chi connectivity index (χ0v) is 24.5. The number of benzene rings is 1. The number of halogens is 3. The highest BCUT2D eigenvalue weighted by Gasteiger charge is 2.38. The van der Waals surface area contributed by atoms with Crippen LogP contribution in [0.1, 0.15) is 19.5 Å². The van der Waals surface area contributed by atoms with Crippen molar-refractivity contribution in [2.45, 2.75) is 37.4 Å². The molecule has 0 aliphatic carbocycles. The van der Waals surface area contributed by atoms with Gasteiger partial charge in [0.05, 0.1) is 41.8 Å². The Morgan fingerprint density at radius 3 is 2.36 bits per heavy atom. The minimum absolute atomic E-state index is 0.0140. The monoisotopic (exact) mass is 613 g/mol. The van der Waals surface area contributed by atoms with Crippen LogP contribution in [0.15, 0.2) is 23.1 Å². The number of alkyl halides is 3. The number of aryl methyl sites for hydroxylation is 2. The number of imidazole rings is 1. The Morgan fingerprint density at radius 2 is 1.79 bits per heavy atom. The molecule has 1 fully saturated rings. The maximum atomic E-state index is 12.7. The number of fused-ring (bicyclic) bond motifs is 2. The Morgan fingerprint density at radius 1 is 1.14 bits per heavy atom. The fourth-order valence-corrected chi connectivity index (χ4v) is 6.07. The fourth-order valence-electron chi connectivity index (χ4n) is 4.75. The molecule has 12 nitrogen and oxygen atoms in total. The number of anilines is 3. The fraction of sp³-hybridized carbons (Fsp3) is 0.538. The van der Waals surface area contributed by atoms with Crippen LogP contribution in [0.2, 0.25) is 0 Å². The number of rotatable bonds is 7. The second-order valence-electron chi connectivity index (χ2n) is 10.2. The number of nitrogens with one attached hydrogen (secondary N) is 1. The van der Waals surface area contributed by atoms with Crippen molar-refractivity contribution in [3.8, 4) is 5.75 Å². The van der Waals surface area contributed by atoms with Crippen molar-refractivity contribution in [3.63, 3.8) is 0 Å². The third-order valence-corrected chi connectivity index (χ3v) is 8.62. The number of carboxylic acids is 1. The van der Waals surface area contributed by atoms with Crippen LogP contribution in [-0.4, -0.2) is 97.8 Å². The van der Waals surface area contributed by atoms with E-state index in [1.807, 2.05) is 33.0 Å². The van der Waals surface area contributed by atoms with Crippen molar-refractivity contribution >= 4 is 45.5 Å². The van der Waals surface area contributed by atoms with E-state index in [0.717, 1.165) is 54.6 Å². The second kappa shape index (κ2) is 12.7. The Labute approximate surface area is 243 Å². The minimum atomic E-state index is -5.08. The molecule has 0 spiro atoms. The normalized spacial score (nSPS) is 17.6. The van der Waals surface area contributed by atoms with Crippen molar-refractivity contribution in [1.29, 1.82) is 0 Å². The molecule has 0 saturated carbocycles. The minimum Gasteiger partial charge on any atom is -0.494 e. The molecular formula is C26H34F3N7O5S. The summed E-state index contributed by atoms with van der Waals surface area (Å²) in [5.74, 6) is 0.952. The molecule has 1 saturated heterocycles. The van der Waals surface area contributed by atoms with Crippen molar-refractivity contribution in [2.75, 3.05) is 60.8 Å². The molecule has 0 bridgehead atoms. The number of methoxy groups -OCH3 is 1. The Bertz CT molecular complexity index is 1460. The summed E-state index contributed by atoms with van der Waals surface area (Å²) in [4.78, 5) is 28.5. The van der Waals surface area contributed by atoms with E-state index in [2.05, 4.69) is 25.8 Å². The van der Waals surface area contributed by atoms with Crippen molar-refractivity contribution in [2.24, 2.45) is 13.0 Å². The average Bonchev–Trinajstić information content (AvgIpc) is 3.50. The smallest absolute Gasteiger partial charge is 0.490 e. The quantitative estimate of drug-likeness (QED) is 0.361. The lowest BCUT2D eigenvalue weighted by atomic mass is 10.1. The Hall–Kier alpha value is -3.66. The second-order valence-corrected chi connectivity index (χ2v) is 11.7. The highest BCUT2D eigenvalue weighted by Crippen LogP contribution is 2.32. The lowest BCUT2D eigenvalue weighted by Crippen LogP contribution is -2.48. The van der Waals surface area contributed by atoms with Crippen LogP contribution >= 0.6 is 0 Å². The molecule has 230 valence electrons. The number of aliphatic carboxylic acids is 1. The first-order chi connectivity index (χ1) is 19.8. The third-order valence-electron chi connectivity index (χ3n) is 7.16. The first-order valence-electron chi connectivity index (χ1n) is 13.3. The van der Waals surface area contributed by atoms with Crippen molar-refractivity contribution < 1.29 is 37.1 Å². The lowest BCUT2D eigenvalue weighted by Gasteiger charge is -2.35. The van der Waals surface area contributed by atoms with Gasteiger partial charge in [0.1, 0.15) is 22.0 Å². The van der Waals surface area contributed by atoms with Gasteiger partial charge in [0, 0.05) is 45.4 Å². The predicted octanol–water partition coefficient (Wildman–Crippen LogP) is 2.42. The number of para-hydroxylation sites is 1. The van der Waals surface area contributed by atoms with Gasteiger partial charge in [-0.25, -0.2) is 14.8 Å². The number of piperazine rings is 1. The SMILES string of the molecule is COc1cccc2c1nc(N1CCN(c3nc4c(c(N[C@@H](CO)C(C)C)n3)S(=O)CC4)CC1)n2C.O=C(O)C(F)(F)F. The number of ether oxygens (including phenoxy) is 1. The van der Waals surface area contributed by atoms with Crippen LogP contribution in [0.5, 0.6) is 5.75 Å². The lowest BCUT2D eigenvalue weighted by molar-refractivity contribution is -0.192. The van der Waals surface area contributed by atoms with E-state index in [1.165, 1.54) is 0 Å². The number of hydrogen-bond donors (Lipinski definition) is 3. The number of hydrogen-bond acceptors (Lipinski definition) is 10. The Balaban J connectivity index is 0.000000517. The third kappa shape index (κ3) is 6.53. The number of aliphatic hydroxyl groups is 1. The zero-order valence-electron chi connectivity index (χ0n) is 23.7. The van der Waals surface area contributed by atoms with E-state index < -0.39 is 22.9 Å². The molecule has 1 aromatic carbocycles. The molecular weight excluding hydrogens is 579 g/mol. The molecule has 42 heavy (non-hydrogen) atoms. The van der Waals surface area contributed by atoms with E-state index in [-0.39, 0.29) is 18.6 Å². The van der Waals surface area contributed by atoms with Gasteiger partial charge >= 0.3 is 12.1 Å². The van der Waals surface area contributed by atoms with Crippen LogP contribution in [0, 0.1) is 5.92 Å². The molecule has 3 N–H and O–H groups in total. The van der Waals surface area contributed by atoms with Gasteiger partial charge in [0.2, 0.25) is 11.9 Å². The van der Waals surface area contributed by atoms with E-state index >= 15 is 0 Å². The van der Waals surface area contributed by atoms with Gasteiger partial charge < -0.3 is 34.6 Å². The zero-order chi connectivity index (χ0) is 30.8. The average molecular weight is 614 g/mol. The first-order valence-corrected chi connectivity index (χ1v) is 14.6. The van der Waals surface area contributed by atoms with Crippen molar-refractivity contribution in [3.05, 3.63) is 23.9 Å². The number of aromatic nitrogens is 4. The van der Waals surface area contributed by atoms with Gasteiger partial charge in [0.25, 0.3) is 0 Å². The highest BCUT2D eigenvalue weighted by molar-refractivity contribution is 7.85. The first kappa shape index (κ1) is 31.3. The summed E-state index contributed by atoms with van der Waals surface area (Å²) in [6.07, 6.45) is -4.40. The summed E-state index contributed by atoms with van der Waals surface area (Å²) >= 11 is 0. The van der Waals surface area contributed by atoms with Gasteiger partial charge in [0.15, 0.2) is 0 Å². The van der Waals surface area contributed by atoms with Crippen LogP contribution in [0.4, 0.5) is 30.9 Å². The number of nitrogens with zero attached hydrogens (tertiary/aromatic N) is 6. The molecule has 2 aliphatic rings. The summed E-state index contributed by atoms with van der Waals surface area (Å²) < 4.78 is 52.0. The molecule has 1 unspecified atom stereocenters. The molecule has 0 amide bonds. The summed E-state index contributed by atoms with van der Waals surface area (Å²) in [6, 6.07) is 5.81. The molecule has 4 heterocycles. The molecule has 5 rings (SSSR count).